The van der Waals surface area contributed by atoms with Gasteiger partial charge in [0.25, 0.3) is 5.56 Å². The summed E-state index contributed by atoms with van der Waals surface area (Å²) in [5.74, 6) is 0.00149. The molecule has 1 amide bonds. The Kier molecular flexibility index (Phi) is 10.00. The molecule has 0 aliphatic carbocycles. The van der Waals surface area contributed by atoms with E-state index in [0.29, 0.717) is 42.9 Å². The van der Waals surface area contributed by atoms with Crippen LogP contribution in [0.15, 0.2) is 47.5 Å². The number of hydrogen-bond acceptors (Lipinski definition) is 6. The van der Waals surface area contributed by atoms with Crippen LogP contribution in [0.2, 0.25) is 5.02 Å². The third kappa shape index (κ3) is 7.62. The maximum Gasteiger partial charge on any atom is 0.274 e. The van der Waals surface area contributed by atoms with Gasteiger partial charge in [-0.2, -0.15) is 5.10 Å². The van der Waals surface area contributed by atoms with Crippen LogP contribution in [0.4, 0.5) is 0 Å². The van der Waals surface area contributed by atoms with Crippen molar-refractivity contribution in [1.29, 1.82) is 0 Å². The molecule has 182 valence electrons. The number of amides is 1. The molecule has 0 saturated carbocycles. The molecule has 0 unspecified atom stereocenters. The molecule has 0 aliphatic rings. The molecular formula is C25H32ClN5O3. The molecule has 0 bridgehead atoms. The van der Waals surface area contributed by atoms with Crippen LogP contribution in [0.5, 0.6) is 0 Å². The minimum Gasteiger partial charge on any atom is -0.384 e. The summed E-state index contributed by atoms with van der Waals surface area (Å²) in [5.41, 5.74) is 1.80. The molecule has 1 N–H and O–H groups in total. The molecule has 0 saturated heterocycles. The van der Waals surface area contributed by atoms with Gasteiger partial charge < -0.3 is 15.0 Å². The SMILES string of the molecule is COCCC(=O)NCCN(C)CCCCn1nc(Cc2ccc(Cl)cc2)c2cnccc2c1=O. The first-order chi connectivity index (χ1) is 16.5. The topological polar surface area (TPSA) is 89.3 Å². The summed E-state index contributed by atoms with van der Waals surface area (Å²) in [5, 5.41) is 9.68. The van der Waals surface area contributed by atoms with Crippen LogP contribution in [0.1, 0.15) is 30.5 Å². The molecule has 1 aromatic carbocycles. The maximum absolute atomic E-state index is 13.0. The second-order valence-electron chi connectivity index (χ2n) is 8.30. The molecule has 0 aliphatic heterocycles. The van der Waals surface area contributed by atoms with Crippen molar-refractivity contribution in [2.24, 2.45) is 0 Å². The molecule has 3 rings (SSSR count). The number of nitrogens with one attached hydrogen (secondary N) is 1. The van der Waals surface area contributed by atoms with E-state index < -0.39 is 0 Å². The van der Waals surface area contributed by atoms with Gasteiger partial charge >= 0.3 is 0 Å². The van der Waals surface area contributed by atoms with Gasteiger partial charge in [-0.15, -0.1) is 0 Å². The summed E-state index contributed by atoms with van der Waals surface area (Å²) in [6.45, 7) is 3.23. The van der Waals surface area contributed by atoms with Crippen LogP contribution in [-0.4, -0.2) is 66.0 Å². The lowest BCUT2D eigenvalue weighted by Gasteiger charge is -2.17. The average Bonchev–Trinajstić information content (AvgIpc) is 2.84. The Hall–Kier alpha value is -2.81. The highest BCUT2D eigenvalue weighted by Gasteiger charge is 2.12. The van der Waals surface area contributed by atoms with Crippen LogP contribution in [-0.2, 0) is 22.5 Å². The summed E-state index contributed by atoms with van der Waals surface area (Å²) < 4.78 is 6.48. The van der Waals surface area contributed by atoms with Crippen molar-refractivity contribution >= 4 is 28.3 Å². The molecule has 9 heteroatoms. The quantitative estimate of drug-likeness (QED) is 0.374. The van der Waals surface area contributed by atoms with Gasteiger partial charge in [0.15, 0.2) is 0 Å². The van der Waals surface area contributed by atoms with Crippen LogP contribution < -0.4 is 10.9 Å². The minimum absolute atomic E-state index is 0.00149. The number of benzene rings is 1. The Morgan fingerprint density at radius 1 is 1.15 bits per heavy atom. The van der Waals surface area contributed by atoms with E-state index >= 15 is 0 Å². The van der Waals surface area contributed by atoms with E-state index in [9.17, 15) is 9.59 Å². The molecule has 34 heavy (non-hydrogen) atoms. The smallest absolute Gasteiger partial charge is 0.274 e. The highest BCUT2D eigenvalue weighted by atomic mass is 35.5. The first-order valence-corrected chi connectivity index (χ1v) is 11.9. The van der Waals surface area contributed by atoms with E-state index in [2.05, 4.69) is 20.3 Å². The summed E-state index contributed by atoms with van der Waals surface area (Å²) in [4.78, 5) is 31.0. The van der Waals surface area contributed by atoms with Crippen molar-refractivity contribution in [3.63, 3.8) is 0 Å². The van der Waals surface area contributed by atoms with Gasteiger partial charge in [0.1, 0.15) is 0 Å². The van der Waals surface area contributed by atoms with Gasteiger partial charge in [0.05, 0.1) is 17.7 Å². The van der Waals surface area contributed by atoms with Gasteiger partial charge in [-0.25, -0.2) is 4.68 Å². The van der Waals surface area contributed by atoms with Gasteiger partial charge in [0, 0.05) is 62.4 Å². The molecule has 0 radical (unpaired) electrons. The monoisotopic (exact) mass is 485 g/mol. The number of ether oxygens (including phenoxy) is 1. The van der Waals surface area contributed by atoms with Gasteiger partial charge in [0.2, 0.25) is 5.91 Å². The molecule has 3 aromatic rings. The number of pyridine rings is 1. The predicted molar refractivity (Wildman–Crippen MR) is 134 cm³/mol. The Bertz CT molecular complexity index is 1130. The number of carbonyl (C=O) groups excluding carboxylic acids is 1. The van der Waals surface area contributed by atoms with Gasteiger partial charge in [-0.05, 0) is 50.2 Å². The van der Waals surface area contributed by atoms with E-state index in [-0.39, 0.29) is 11.5 Å². The maximum atomic E-state index is 13.0. The first-order valence-electron chi connectivity index (χ1n) is 11.5. The lowest BCUT2D eigenvalue weighted by atomic mass is 10.1. The zero-order valence-corrected chi connectivity index (χ0v) is 20.6. The normalized spacial score (nSPS) is 11.3. The lowest BCUT2D eigenvalue weighted by molar-refractivity contribution is -0.122. The zero-order chi connectivity index (χ0) is 24.3. The Balaban J connectivity index is 1.56. The summed E-state index contributed by atoms with van der Waals surface area (Å²) in [6, 6.07) is 9.41. The molecule has 0 spiro atoms. The number of methoxy groups -OCH3 is 1. The number of rotatable bonds is 13. The van der Waals surface area contributed by atoms with Crippen molar-refractivity contribution < 1.29 is 9.53 Å². The van der Waals surface area contributed by atoms with Crippen LogP contribution in [0, 0.1) is 0 Å². The number of aryl methyl sites for hydroxylation is 1. The van der Waals surface area contributed by atoms with Crippen molar-refractivity contribution in [3.05, 3.63) is 69.4 Å². The second kappa shape index (κ2) is 13.2. The Morgan fingerprint density at radius 2 is 1.94 bits per heavy atom. The van der Waals surface area contributed by atoms with Crippen molar-refractivity contribution in [3.8, 4) is 0 Å². The Labute approximate surface area is 204 Å². The number of likely N-dealkylation sites (N-methyl/N-ethyl adjacent to an activating group) is 1. The number of aromatic nitrogens is 3. The van der Waals surface area contributed by atoms with Crippen molar-refractivity contribution in [2.45, 2.75) is 32.2 Å². The highest BCUT2D eigenvalue weighted by molar-refractivity contribution is 6.30. The fourth-order valence-corrected chi connectivity index (χ4v) is 3.82. The van der Waals surface area contributed by atoms with Crippen molar-refractivity contribution in [1.82, 2.24) is 25.0 Å². The third-order valence-electron chi connectivity index (χ3n) is 5.63. The summed E-state index contributed by atoms with van der Waals surface area (Å²) in [6.07, 6.45) is 6.07. The number of halogens is 1. The molecule has 8 nitrogen and oxygen atoms in total. The lowest BCUT2D eigenvalue weighted by Crippen LogP contribution is -2.34. The first kappa shape index (κ1) is 25.8. The fourth-order valence-electron chi connectivity index (χ4n) is 3.70. The number of nitrogens with zero attached hydrogens (tertiary/aromatic N) is 4. The summed E-state index contributed by atoms with van der Waals surface area (Å²) in [7, 11) is 3.61. The number of unbranched alkanes of at least 4 members (excludes halogenated alkanes) is 1. The standard InChI is InChI=1S/C25H32ClN5O3/c1-30(15-12-28-24(32)10-16-34-2)13-3-4-14-31-25(33)21-9-11-27-18-22(21)23(29-31)17-19-5-7-20(26)8-6-19/h5-9,11,18H,3-4,10,12-17H2,1-2H3,(H,28,32). The van der Waals surface area contributed by atoms with E-state index in [1.807, 2.05) is 31.3 Å². The van der Waals surface area contributed by atoms with Gasteiger partial charge in [-0.1, -0.05) is 23.7 Å². The van der Waals surface area contributed by atoms with E-state index in [4.69, 9.17) is 16.3 Å². The van der Waals surface area contributed by atoms with Crippen LogP contribution in [0.3, 0.4) is 0 Å². The second-order valence-corrected chi connectivity index (χ2v) is 8.74. The predicted octanol–water partition coefficient (Wildman–Crippen LogP) is 2.90. The fraction of sp³-hybridized carbons (Fsp3) is 0.440. The highest BCUT2D eigenvalue weighted by Crippen LogP contribution is 2.18. The van der Waals surface area contributed by atoms with Crippen LogP contribution in [0.25, 0.3) is 10.8 Å². The zero-order valence-electron chi connectivity index (χ0n) is 19.8. The number of hydrogen-bond donors (Lipinski definition) is 1. The van der Waals surface area contributed by atoms with Crippen molar-refractivity contribution in [2.75, 3.05) is 40.4 Å². The van der Waals surface area contributed by atoms with E-state index in [0.717, 1.165) is 42.6 Å². The number of fused-ring (bicyclic) bond motifs is 1. The number of carbonyl (C=O) groups is 1. The molecule has 0 fully saturated rings. The third-order valence-corrected chi connectivity index (χ3v) is 5.88. The molecular weight excluding hydrogens is 454 g/mol. The average molecular weight is 486 g/mol. The largest absolute Gasteiger partial charge is 0.384 e. The minimum atomic E-state index is -0.0932. The van der Waals surface area contributed by atoms with Gasteiger partial charge in [-0.3, -0.25) is 14.6 Å². The Morgan fingerprint density at radius 3 is 2.71 bits per heavy atom. The van der Waals surface area contributed by atoms with Crippen LogP contribution >= 0.6 is 11.6 Å². The summed E-state index contributed by atoms with van der Waals surface area (Å²) >= 11 is 6.01. The molecule has 2 heterocycles. The van der Waals surface area contributed by atoms with E-state index in [1.165, 1.54) is 0 Å². The molecule has 0 atom stereocenters. The van der Waals surface area contributed by atoms with E-state index in [1.54, 1.807) is 30.3 Å². The molecule has 2 aromatic heterocycles.